The molecule has 0 radical (unpaired) electrons. The van der Waals surface area contributed by atoms with Crippen LogP contribution < -0.4 is 5.32 Å². The third-order valence-corrected chi connectivity index (χ3v) is 4.67. The molecule has 29 heavy (non-hydrogen) atoms. The van der Waals surface area contributed by atoms with Crippen LogP contribution in [0.5, 0.6) is 0 Å². The molecule has 0 atom stereocenters. The first-order chi connectivity index (χ1) is 13.6. The summed E-state index contributed by atoms with van der Waals surface area (Å²) < 4.78 is 0. The second kappa shape index (κ2) is 9.04. The van der Waals surface area contributed by atoms with Crippen molar-refractivity contribution in [1.82, 2.24) is 14.7 Å². The van der Waals surface area contributed by atoms with Gasteiger partial charge in [0.1, 0.15) is 6.54 Å². The van der Waals surface area contributed by atoms with Crippen LogP contribution in [-0.4, -0.2) is 70.0 Å². The number of imide groups is 2. The average molecular weight is 423 g/mol. The van der Waals surface area contributed by atoms with Crippen molar-refractivity contribution in [3.8, 4) is 0 Å². The summed E-state index contributed by atoms with van der Waals surface area (Å²) >= 11 is 5.94. The van der Waals surface area contributed by atoms with Gasteiger partial charge in [0.2, 0.25) is 11.8 Å². The van der Waals surface area contributed by atoms with Gasteiger partial charge in [0, 0.05) is 23.3 Å². The molecule has 0 spiro atoms. The number of carbonyl (C=O) groups excluding carboxylic acids is 5. The Balaban J connectivity index is 2.04. The Morgan fingerprint density at radius 1 is 1.17 bits per heavy atom. The predicted octanol–water partition coefficient (Wildman–Crippen LogP) is 1.63. The molecule has 6 amide bonds. The van der Waals surface area contributed by atoms with Crippen molar-refractivity contribution in [2.45, 2.75) is 33.7 Å². The number of anilines is 1. The van der Waals surface area contributed by atoms with Crippen molar-refractivity contribution in [2.75, 3.05) is 25.0 Å². The minimum absolute atomic E-state index is 0.179. The largest absolute Gasteiger partial charge is 0.334 e. The molecular formula is C19H23ClN4O5. The molecule has 1 aromatic carbocycles. The van der Waals surface area contributed by atoms with Crippen molar-refractivity contribution in [3.63, 3.8) is 0 Å². The molecule has 1 heterocycles. The van der Waals surface area contributed by atoms with E-state index in [1.807, 2.05) is 0 Å². The van der Waals surface area contributed by atoms with Crippen LogP contribution in [0, 0.1) is 6.92 Å². The van der Waals surface area contributed by atoms with Gasteiger partial charge < -0.3 is 10.2 Å². The SMILES string of the molecule is CCN(CC(=O)Nc1cc(Cl)ccc1C)C(=O)CN1C(=O)C(=O)N(C(C)C)C1=O. The highest BCUT2D eigenvalue weighted by atomic mass is 35.5. The van der Waals surface area contributed by atoms with Crippen molar-refractivity contribution < 1.29 is 24.0 Å². The fourth-order valence-electron chi connectivity index (χ4n) is 2.82. The number of rotatable bonds is 7. The van der Waals surface area contributed by atoms with Crippen LogP contribution in [-0.2, 0) is 19.2 Å². The third kappa shape index (κ3) is 4.92. The molecule has 0 unspecified atom stereocenters. The van der Waals surface area contributed by atoms with E-state index in [0.717, 1.165) is 10.5 Å². The topological polar surface area (TPSA) is 107 Å². The number of halogens is 1. The van der Waals surface area contributed by atoms with Gasteiger partial charge in [0.15, 0.2) is 0 Å². The molecule has 9 nitrogen and oxygen atoms in total. The van der Waals surface area contributed by atoms with Gasteiger partial charge in [-0.25, -0.2) is 9.69 Å². The lowest BCUT2D eigenvalue weighted by atomic mass is 10.2. The first-order valence-electron chi connectivity index (χ1n) is 9.09. The minimum atomic E-state index is -1.05. The van der Waals surface area contributed by atoms with E-state index in [4.69, 9.17) is 11.6 Å². The number of nitrogens with zero attached hydrogens (tertiary/aromatic N) is 3. The summed E-state index contributed by atoms with van der Waals surface area (Å²) in [6, 6.07) is 3.70. The van der Waals surface area contributed by atoms with Crippen molar-refractivity contribution in [1.29, 1.82) is 0 Å². The Hall–Kier alpha value is -2.94. The summed E-state index contributed by atoms with van der Waals surface area (Å²) in [5.74, 6) is -3.09. The Morgan fingerprint density at radius 3 is 2.38 bits per heavy atom. The summed E-state index contributed by atoms with van der Waals surface area (Å²) in [4.78, 5) is 63.8. The lowest BCUT2D eigenvalue weighted by Crippen LogP contribution is -2.46. The van der Waals surface area contributed by atoms with E-state index >= 15 is 0 Å². The highest BCUT2D eigenvalue weighted by molar-refractivity contribution is 6.45. The van der Waals surface area contributed by atoms with Gasteiger partial charge in [0.25, 0.3) is 0 Å². The molecule has 0 aromatic heterocycles. The fourth-order valence-corrected chi connectivity index (χ4v) is 2.99. The number of hydrogen-bond donors (Lipinski definition) is 1. The number of likely N-dealkylation sites (N-methyl/N-ethyl adjacent to an activating group) is 1. The monoisotopic (exact) mass is 422 g/mol. The van der Waals surface area contributed by atoms with E-state index in [2.05, 4.69) is 5.32 Å². The van der Waals surface area contributed by atoms with Gasteiger partial charge in [-0.3, -0.25) is 24.1 Å². The van der Waals surface area contributed by atoms with Gasteiger partial charge in [-0.1, -0.05) is 17.7 Å². The van der Waals surface area contributed by atoms with Crippen LogP contribution in [0.2, 0.25) is 5.02 Å². The maximum Gasteiger partial charge on any atom is 0.334 e. The van der Waals surface area contributed by atoms with Crippen LogP contribution in [0.15, 0.2) is 18.2 Å². The van der Waals surface area contributed by atoms with Crippen molar-refractivity contribution in [3.05, 3.63) is 28.8 Å². The number of amides is 6. The lowest BCUT2D eigenvalue weighted by molar-refractivity contribution is -0.145. The van der Waals surface area contributed by atoms with Crippen LogP contribution >= 0.6 is 11.6 Å². The Kier molecular flexibility index (Phi) is 6.97. The zero-order chi connectivity index (χ0) is 21.9. The molecule has 1 fully saturated rings. The Bertz CT molecular complexity index is 870. The third-order valence-electron chi connectivity index (χ3n) is 4.44. The normalized spacial score (nSPS) is 14.1. The number of aryl methyl sites for hydroxylation is 1. The van der Waals surface area contributed by atoms with E-state index in [9.17, 15) is 24.0 Å². The zero-order valence-electron chi connectivity index (χ0n) is 16.7. The van der Waals surface area contributed by atoms with E-state index < -0.39 is 42.2 Å². The smallest absolute Gasteiger partial charge is 0.332 e. The van der Waals surface area contributed by atoms with Gasteiger partial charge in [-0.05, 0) is 45.4 Å². The van der Waals surface area contributed by atoms with E-state index in [1.54, 1.807) is 45.9 Å². The number of benzene rings is 1. The van der Waals surface area contributed by atoms with Crippen molar-refractivity contribution >= 4 is 46.9 Å². The second-order valence-corrected chi connectivity index (χ2v) is 7.29. The summed E-state index contributed by atoms with van der Waals surface area (Å²) in [7, 11) is 0. The molecule has 0 saturated carbocycles. The average Bonchev–Trinajstić information content (AvgIpc) is 2.86. The lowest BCUT2D eigenvalue weighted by Gasteiger charge is -2.23. The second-order valence-electron chi connectivity index (χ2n) is 6.86. The zero-order valence-corrected chi connectivity index (χ0v) is 17.4. The van der Waals surface area contributed by atoms with Gasteiger partial charge in [-0.15, -0.1) is 0 Å². The fraction of sp³-hybridized carbons (Fsp3) is 0.421. The molecule has 1 N–H and O–H groups in total. The number of nitrogens with one attached hydrogen (secondary N) is 1. The minimum Gasteiger partial charge on any atom is -0.332 e. The molecule has 10 heteroatoms. The highest BCUT2D eigenvalue weighted by Crippen LogP contribution is 2.20. The molecule has 156 valence electrons. The molecule has 2 rings (SSSR count). The van der Waals surface area contributed by atoms with Crippen molar-refractivity contribution in [2.24, 2.45) is 0 Å². The highest BCUT2D eigenvalue weighted by Gasteiger charge is 2.46. The van der Waals surface area contributed by atoms with Crippen LogP contribution in [0.25, 0.3) is 0 Å². The van der Waals surface area contributed by atoms with Crippen LogP contribution in [0.3, 0.4) is 0 Å². The summed E-state index contributed by atoms with van der Waals surface area (Å²) in [5, 5.41) is 3.14. The molecule has 1 saturated heterocycles. The molecule has 1 aliphatic heterocycles. The number of hydrogen-bond acceptors (Lipinski definition) is 5. The summed E-state index contributed by atoms with van der Waals surface area (Å²) in [6.45, 7) is 5.94. The van der Waals surface area contributed by atoms with E-state index in [-0.39, 0.29) is 13.1 Å². The number of carbonyl (C=O) groups is 5. The van der Waals surface area contributed by atoms with E-state index in [1.165, 1.54) is 4.90 Å². The Morgan fingerprint density at radius 2 is 1.83 bits per heavy atom. The molecule has 0 bridgehead atoms. The quantitative estimate of drug-likeness (QED) is 0.531. The van der Waals surface area contributed by atoms with Crippen LogP contribution in [0.1, 0.15) is 26.3 Å². The van der Waals surface area contributed by atoms with Gasteiger partial charge in [0.05, 0.1) is 6.54 Å². The van der Waals surface area contributed by atoms with E-state index in [0.29, 0.717) is 15.6 Å². The maximum atomic E-state index is 12.6. The molecule has 1 aromatic rings. The first-order valence-corrected chi connectivity index (χ1v) is 9.47. The first kappa shape index (κ1) is 22.4. The van der Waals surface area contributed by atoms with Gasteiger partial charge in [-0.2, -0.15) is 0 Å². The molecular weight excluding hydrogens is 400 g/mol. The molecule has 1 aliphatic rings. The maximum absolute atomic E-state index is 12.6. The predicted molar refractivity (Wildman–Crippen MR) is 106 cm³/mol. The van der Waals surface area contributed by atoms with Gasteiger partial charge >= 0.3 is 17.8 Å². The number of urea groups is 1. The summed E-state index contributed by atoms with van der Waals surface area (Å²) in [5.41, 5.74) is 1.33. The van der Waals surface area contributed by atoms with Crippen LogP contribution in [0.4, 0.5) is 10.5 Å². The molecule has 0 aliphatic carbocycles. The standard InChI is InChI=1S/C19H23ClN4O5/c1-5-22(9-15(25)21-14-8-13(20)7-6-12(14)4)16(26)10-23-17(27)18(28)24(11(2)3)19(23)29/h6-8,11H,5,9-10H2,1-4H3,(H,21,25). The Labute approximate surface area is 173 Å². The summed E-state index contributed by atoms with van der Waals surface area (Å²) in [6.07, 6.45) is 0.